The topological polar surface area (TPSA) is 15.3 Å². The SMILES string of the molecule is BNBN(C)C. The van der Waals surface area contributed by atoms with E-state index in [1.807, 2.05) is 22.1 Å². The second kappa shape index (κ2) is 3.25. The van der Waals surface area contributed by atoms with Crippen LogP contribution in [0.2, 0.25) is 0 Å². The van der Waals surface area contributed by atoms with Gasteiger partial charge in [-0.2, -0.15) is 0 Å². The third-order valence-electron chi connectivity index (χ3n) is 0.474. The molecule has 0 fully saturated rings. The second-order valence-corrected chi connectivity index (χ2v) is 1.59. The minimum atomic E-state index is 0.958. The van der Waals surface area contributed by atoms with Crippen LogP contribution >= 0.6 is 0 Å². The highest BCUT2D eigenvalue weighted by Gasteiger charge is 1.83. The van der Waals surface area contributed by atoms with Gasteiger partial charge < -0.3 is 9.95 Å². The molecule has 1 N–H and O–H groups in total. The Morgan fingerprint density at radius 1 is 1.67 bits per heavy atom. The van der Waals surface area contributed by atoms with Gasteiger partial charge in [-0.25, -0.2) is 0 Å². The lowest BCUT2D eigenvalue weighted by molar-refractivity contribution is 0.656. The van der Waals surface area contributed by atoms with Crippen LogP contribution in [-0.2, 0) is 0 Å². The van der Waals surface area contributed by atoms with Crippen LogP contribution in [0, 0.1) is 0 Å². The van der Waals surface area contributed by atoms with E-state index in [9.17, 15) is 0 Å². The van der Waals surface area contributed by atoms with Gasteiger partial charge in [0.05, 0.1) is 0 Å². The van der Waals surface area contributed by atoms with Crippen molar-refractivity contribution in [3.05, 3.63) is 0 Å². The lowest BCUT2D eigenvalue weighted by Gasteiger charge is -2.02. The molecule has 0 aliphatic heterocycles. The van der Waals surface area contributed by atoms with Crippen molar-refractivity contribution < 1.29 is 0 Å². The molecule has 2 nitrogen and oxygen atoms in total. The summed E-state index contributed by atoms with van der Waals surface area (Å²) >= 11 is 0. The Hall–Kier alpha value is 0.0499. The van der Waals surface area contributed by atoms with E-state index in [0.717, 1.165) is 7.55 Å². The largest absolute Gasteiger partial charge is 0.393 e. The van der Waals surface area contributed by atoms with Gasteiger partial charge in [0, 0.05) is 0 Å². The first-order valence-electron chi connectivity index (χ1n) is 2.06. The monoisotopic (exact) mass is 84.1 g/mol. The summed E-state index contributed by atoms with van der Waals surface area (Å²) in [5, 5.41) is 2.99. The Bertz CT molecular complexity index is 30.7. The Kier molecular flexibility index (Phi) is 3.27. The number of nitrogens with one attached hydrogen (secondary N) is 1. The summed E-state index contributed by atoms with van der Waals surface area (Å²) in [5.41, 5.74) is 0. The van der Waals surface area contributed by atoms with Crippen LogP contribution in [0.3, 0.4) is 0 Å². The molecule has 0 aliphatic rings. The highest BCUT2D eigenvalue weighted by molar-refractivity contribution is 6.39. The fraction of sp³-hybridized carbons (Fsp3) is 1.00. The van der Waals surface area contributed by atoms with Gasteiger partial charge in [-0.15, -0.1) is 0 Å². The standard InChI is InChI=1S/C2H10B2N2/c1-6(2)4-5-3/h4-5H,3H2,1-2H3. The lowest BCUT2D eigenvalue weighted by atomic mass is 10.1. The molecule has 0 amide bonds. The van der Waals surface area contributed by atoms with Gasteiger partial charge in [0.1, 0.15) is 0 Å². The van der Waals surface area contributed by atoms with Crippen molar-refractivity contribution in [3.63, 3.8) is 0 Å². The van der Waals surface area contributed by atoms with Gasteiger partial charge >= 0.3 is 0 Å². The highest BCUT2D eigenvalue weighted by atomic mass is 15.0. The predicted molar refractivity (Wildman–Crippen MR) is 32.5 cm³/mol. The Morgan fingerprint density at radius 3 is 2.17 bits per heavy atom. The van der Waals surface area contributed by atoms with Crippen molar-refractivity contribution in [2.75, 3.05) is 14.1 Å². The lowest BCUT2D eigenvalue weighted by Crippen LogP contribution is -2.30. The first-order chi connectivity index (χ1) is 2.77. The average Bonchev–Trinajstić information content (AvgIpc) is 1.35. The van der Waals surface area contributed by atoms with Gasteiger partial charge in [0.2, 0.25) is 0 Å². The average molecular weight is 83.7 g/mol. The molecule has 0 aliphatic carbocycles. The summed E-state index contributed by atoms with van der Waals surface area (Å²) in [4.78, 5) is 2.07. The van der Waals surface area contributed by atoms with E-state index in [1.165, 1.54) is 0 Å². The molecule has 34 valence electrons. The third kappa shape index (κ3) is 4.05. The molecule has 0 rings (SSSR count). The molecule has 0 atom stereocenters. The third-order valence-corrected chi connectivity index (χ3v) is 0.474. The molecule has 0 aromatic rings. The molecule has 6 heavy (non-hydrogen) atoms. The van der Waals surface area contributed by atoms with Gasteiger partial charge in [0.25, 0.3) is 7.55 Å². The Morgan fingerprint density at radius 2 is 2.17 bits per heavy atom. The van der Waals surface area contributed by atoms with Crippen molar-refractivity contribution in [2.45, 2.75) is 0 Å². The fourth-order valence-corrected chi connectivity index (χ4v) is 0.316. The van der Waals surface area contributed by atoms with Crippen molar-refractivity contribution in [2.24, 2.45) is 0 Å². The quantitative estimate of drug-likeness (QED) is 0.387. The molecule has 4 heteroatoms. The van der Waals surface area contributed by atoms with Crippen LogP contribution in [-0.4, -0.2) is 34.4 Å². The molecule has 0 saturated carbocycles. The second-order valence-electron chi connectivity index (χ2n) is 1.59. The number of hydrogen-bond donors (Lipinski definition) is 1. The zero-order chi connectivity index (χ0) is 4.99. The van der Waals surface area contributed by atoms with Gasteiger partial charge in [-0.05, 0) is 14.1 Å². The summed E-state index contributed by atoms with van der Waals surface area (Å²) in [7, 11) is 6.94. The van der Waals surface area contributed by atoms with Crippen molar-refractivity contribution in [1.82, 2.24) is 9.95 Å². The number of hydrogen-bond acceptors (Lipinski definition) is 2. The molecule has 0 saturated heterocycles. The van der Waals surface area contributed by atoms with Crippen molar-refractivity contribution in [3.8, 4) is 0 Å². The van der Waals surface area contributed by atoms with E-state index in [0.29, 0.717) is 0 Å². The normalized spacial score (nSPS) is 9.17. The Labute approximate surface area is 40.6 Å². The molecule has 0 bridgehead atoms. The van der Waals surface area contributed by atoms with Gasteiger partial charge in [-0.3, -0.25) is 0 Å². The summed E-state index contributed by atoms with van der Waals surface area (Å²) in [6.45, 7) is 0. The molecule has 0 aromatic carbocycles. The van der Waals surface area contributed by atoms with E-state index in [2.05, 4.69) is 9.95 Å². The molecule has 0 heterocycles. The summed E-state index contributed by atoms with van der Waals surface area (Å²) < 4.78 is 0. The van der Waals surface area contributed by atoms with Gasteiger partial charge in [0.15, 0.2) is 7.98 Å². The highest BCUT2D eigenvalue weighted by Crippen LogP contribution is 1.56. The van der Waals surface area contributed by atoms with E-state index < -0.39 is 0 Å². The van der Waals surface area contributed by atoms with E-state index in [-0.39, 0.29) is 0 Å². The van der Waals surface area contributed by atoms with E-state index in [1.54, 1.807) is 0 Å². The zero-order valence-electron chi connectivity index (χ0n) is 4.65. The molecular formula is C2H10B2N2. The number of nitrogens with zero attached hydrogens (tertiary/aromatic N) is 1. The van der Waals surface area contributed by atoms with Crippen LogP contribution in [0.25, 0.3) is 0 Å². The molecule has 0 aromatic heterocycles. The maximum atomic E-state index is 2.99. The number of rotatable bonds is 2. The zero-order valence-corrected chi connectivity index (χ0v) is 4.65. The van der Waals surface area contributed by atoms with Crippen LogP contribution in [0.4, 0.5) is 0 Å². The maximum Gasteiger partial charge on any atom is 0.276 e. The first-order valence-corrected chi connectivity index (χ1v) is 2.06. The van der Waals surface area contributed by atoms with Crippen molar-refractivity contribution in [1.29, 1.82) is 0 Å². The van der Waals surface area contributed by atoms with Gasteiger partial charge in [-0.1, -0.05) is 0 Å². The minimum absolute atomic E-state index is 0.958. The minimum Gasteiger partial charge on any atom is -0.393 e. The molecule has 0 unspecified atom stereocenters. The van der Waals surface area contributed by atoms with Crippen LogP contribution in [0.1, 0.15) is 0 Å². The predicted octanol–water partition coefficient (Wildman–Crippen LogP) is -2.05. The Balaban J connectivity index is 2.63. The molecule has 0 radical (unpaired) electrons. The van der Waals surface area contributed by atoms with Crippen LogP contribution in [0.15, 0.2) is 0 Å². The molecule has 0 spiro atoms. The van der Waals surface area contributed by atoms with Crippen LogP contribution in [0.5, 0.6) is 0 Å². The first kappa shape index (κ1) is 6.05. The van der Waals surface area contributed by atoms with Crippen LogP contribution < -0.4 is 5.14 Å². The van der Waals surface area contributed by atoms with E-state index >= 15 is 0 Å². The van der Waals surface area contributed by atoms with Crippen molar-refractivity contribution >= 4 is 15.5 Å². The summed E-state index contributed by atoms with van der Waals surface area (Å²) in [5.74, 6) is 0. The smallest absolute Gasteiger partial charge is 0.276 e. The van der Waals surface area contributed by atoms with E-state index in [4.69, 9.17) is 0 Å². The summed E-state index contributed by atoms with van der Waals surface area (Å²) in [6.07, 6.45) is 0. The molecular weight excluding hydrogens is 73.7 g/mol. The fourth-order valence-electron chi connectivity index (χ4n) is 0.316. The maximum absolute atomic E-state index is 2.99. The summed E-state index contributed by atoms with van der Waals surface area (Å²) in [6, 6.07) is 0.